The molecular formula is C15H22N2O4. The Bertz CT molecular complexity index is 493. The highest BCUT2D eigenvalue weighted by atomic mass is 16.5. The minimum Gasteiger partial charge on any atom is -0.493 e. The van der Waals surface area contributed by atoms with E-state index >= 15 is 0 Å². The number of carbonyl (C=O) groups is 1. The average molecular weight is 294 g/mol. The van der Waals surface area contributed by atoms with Gasteiger partial charge in [-0.2, -0.15) is 0 Å². The maximum atomic E-state index is 12.1. The predicted octanol–water partition coefficient (Wildman–Crippen LogP) is 0.697. The Balaban J connectivity index is 1.89. The van der Waals surface area contributed by atoms with Crippen LogP contribution in [-0.4, -0.2) is 45.9 Å². The lowest BCUT2D eigenvalue weighted by Gasteiger charge is -2.13. The van der Waals surface area contributed by atoms with Gasteiger partial charge in [0.05, 0.1) is 26.4 Å². The third kappa shape index (κ3) is 3.86. The lowest BCUT2D eigenvalue weighted by molar-refractivity contribution is -0.123. The van der Waals surface area contributed by atoms with E-state index in [2.05, 4.69) is 10.6 Å². The second-order valence-corrected chi connectivity index (χ2v) is 4.96. The lowest BCUT2D eigenvalue weighted by Crippen LogP contribution is -2.40. The molecule has 1 saturated heterocycles. The normalized spacial score (nSPS) is 21.1. The fourth-order valence-electron chi connectivity index (χ4n) is 2.39. The topological polar surface area (TPSA) is 68.8 Å². The second kappa shape index (κ2) is 7.28. The highest BCUT2D eigenvalue weighted by Gasteiger charge is 2.28. The van der Waals surface area contributed by atoms with Gasteiger partial charge in [0, 0.05) is 20.2 Å². The highest BCUT2D eigenvalue weighted by molar-refractivity contribution is 5.82. The fourth-order valence-corrected chi connectivity index (χ4v) is 2.39. The number of hydrogen-bond donors (Lipinski definition) is 2. The van der Waals surface area contributed by atoms with Crippen molar-refractivity contribution in [2.24, 2.45) is 0 Å². The molecule has 2 N–H and O–H groups in total. The third-order valence-electron chi connectivity index (χ3n) is 3.66. The molecule has 2 unspecified atom stereocenters. The van der Waals surface area contributed by atoms with Gasteiger partial charge in [0.25, 0.3) is 0 Å². The number of ether oxygens (including phenoxy) is 3. The summed E-state index contributed by atoms with van der Waals surface area (Å²) in [5, 5.41) is 6.07. The van der Waals surface area contributed by atoms with E-state index in [0.29, 0.717) is 31.0 Å². The zero-order chi connectivity index (χ0) is 15.2. The van der Waals surface area contributed by atoms with Crippen molar-refractivity contribution in [3.8, 4) is 11.5 Å². The van der Waals surface area contributed by atoms with E-state index < -0.39 is 0 Å². The van der Waals surface area contributed by atoms with Gasteiger partial charge < -0.3 is 24.8 Å². The predicted molar refractivity (Wildman–Crippen MR) is 78.6 cm³/mol. The number of carbonyl (C=O) groups excluding carboxylic acids is 1. The van der Waals surface area contributed by atoms with Gasteiger partial charge in [-0.3, -0.25) is 4.79 Å². The Hall–Kier alpha value is -1.79. The molecule has 6 heteroatoms. The number of rotatable bonds is 6. The van der Waals surface area contributed by atoms with Crippen molar-refractivity contribution in [3.05, 3.63) is 23.8 Å². The van der Waals surface area contributed by atoms with Gasteiger partial charge >= 0.3 is 0 Å². The van der Waals surface area contributed by atoms with Crippen LogP contribution in [0.2, 0.25) is 0 Å². The van der Waals surface area contributed by atoms with E-state index in [0.717, 1.165) is 5.56 Å². The largest absolute Gasteiger partial charge is 0.493 e. The number of methoxy groups -OCH3 is 3. The molecule has 1 aromatic rings. The first-order chi connectivity index (χ1) is 10.2. The van der Waals surface area contributed by atoms with Crippen LogP contribution in [0.3, 0.4) is 0 Å². The molecule has 1 fully saturated rings. The van der Waals surface area contributed by atoms with Crippen molar-refractivity contribution in [3.63, 3.8) is 0 Å². The molecule has 116 valence electrons. The summed E-state index contributed by atoms with van der Waals surface area (Å²) in [6.45, 7) is 1.17. The number of amides is 1. The van der Waals surface area contributed by atoms with Gasteiger partial charge in [0.1, 0.15) is 0 Å². The number of benzene rings is 1. The van der Waals surface area contributed by atoms with E-state index in [4.69, 9.17) is 14.2 Å². The van der Waals surface area contributed by atoms with Crippen LogP contribution in [0.15, 0.2) is 18.2 Å². The van der Waals surface area contributed by atoms with E-state index in [1.807, 2.05) is 18.2 Å². The van der Waals surface area contributed by atoms with Gasteiger partial charge in [-0.1, -0.05) is 6.07 Å². The van der Waals surface area contributed by atoms with Crippen LogP contribution < -0.4 is 20.1 Å². The Kier molecular flexibility index (Phi) is 5.41. The Morgan fingerprint density at radius 1 is 1.29 bits per heavy atom. The molecule has 1 aliphatic rings. The summed E-state index contributed by atoms with van der Waals surface area (Å²) in [4.78, 5) is 12.1. The maximum Gasteiger partial charge on any atom is 0.237 e. The minimum absolute atomic E-state index is 0.00988. The Morgan fingerprint density at radius 2 is 2.05 bits per heavy atom. The summed E-state index contributed by atoms with van der Waals surface area (Å²) in [6.07, 6.45) is 0.815. The number of hydrogen-bond acceptors (Lipinski definition) is 5. The molecule has 0 aromatic heterocycles. The Morgan fingerprint density at radius 3 is 2.67 bits per heavy atom. The molecule has 1 heterocycles. The van der Waals surface area contributed by atoms with Gasteiger partial charge in [-0.25, -0.2) is 0 Å². The molecule has 0 spiro atoms. The molecule has 6 nitrogen and oxygen atoms in total. The maximum absolute atomic E-state index is 12.1. The molecule has 1 amide bonds. The molecule has 0 radical (unpaired) electrons. The molecule has 1 aliphatic heterocycles. The quantitative estimate of drug-likeness (QED) is 0.808. The van der Waals surface area contributed by atoms with Crippen LogP contribution in [-0.2, 0) is 16.1 Å². The average Bonchev–Trinajstić information content (AvgIpc) is 3.01. The monoisotopic (exact) mass is 294 g/mol. The fraction of sp³-hybridized carbons (Fsp3) is 0.533. The Labute approximate surface area is 124 Å². The summed E-state index contributed by atoms with van der Waals surface area (Å²) < 4.78 is 15.7. The second-order valence-electron chi connectivity index (χ2n) is 4.96. The molecule has 21 heavy (non-hydrogen) atoms. The molecular weight excluding hydrogens is 272 g/mol. The van der Waals surface area contributed by atoms with Gasteiger partial charge in [-0.05, 0) is 24.1 Å². The summed E-state index contributed by atoms with van der Waals surface area (Å²) in [5.41, 5.74) is 0.960. The summed E-state index contributed by atoms with van der Waals surface area (Å²) in [6, 6.07) is 5.41. The van der Waals surface area contributed by atoms with Crippen molar-refractivity contribution in [2.45, 2.75) is 25.1 Å². The molecule has 2 rings (SSSR count). The van der Waals surface area contributed by atoms with E-state index in [1.54, 1.807) is 21.3 Å². The summed E-state index contributed by atoms with van der Waals surface area (Å²) in [7, 11) is 4.85. The molecule has 2 atom stereocenters. The van der Waals surface area contributed by atoms with E-state index in [9.17, 15) is 4.79 Å². The SMILES string of the molecule is COc1ccc(CNC(=O)C2CC(OC)CN2)cc1OC. The van der Waals surface area contributed by atoms with Gasteiger partial charge in [0.15, 0.2) is 11.5 Å². The minimum atomic E-state index is -0.185. The molecule has 1 aromatic carbocycles. The van der Waals surface area contributed by atoms with Crippen LogP contribution in [0.4, 0.5) is 0 Å². The van der Waals surface area contributed by atoms with Crippen molar-refractivity contribution in [2.75, 3.05) is 27.9 Å². The molecule has 0 saturated carbocycles. The third-order valence-corrected chi connectivity index (χ3v) is 3.66. The zero-order valence-electron chi connectivity index (χ0n) is 12.6. The molecule has 0 bridgehead atoms. The number of nitrogens with one attached hydrogen (secondary N) is 2. The van der Waals surface area contributed by atoms with Crippen molar-refractivity contribution in [1.82, 2.24) is 10.6 Å². The zero-order valence-corrected chi connectivity index (χ0v) is 12.6. The standard InChI is InChI=1S/C15H22N2O4/c1-19-11-7-12(16-9-11)15(18)17-8-10-4-5-13(20-2)14(6-10)21-3/h4-6,11-12,16H,7-9H2,1-3H3,(H,17,18). The van der Waals surface area contributed by atoms with Crippen molar-refractivity contribution in [1.29, 1.82) is 0 Å². The summed E-state index contributed by atoms with van der Waals surface area (Å²) in [5.74, 6) is 1.32. The van der Waals surface area contributed by atoms with Crippen molar-refractivity contribution < 1.29 is 19.0 Å². The van der Waals surface area contributed by atoms with Crippen LogP contribution in [0, 0.1) is 0 Å². The van der Waals surface area contributed by atoms with E-state index in [1.165, 1.54) is 0 Å². The lowest BCUT2D eigenvalue weighted by atomic mass is 10.1. The first-order valence-electron chi connectivity index (χ1n) is 6.92. The van der Waals surface area contributed by atoms with E-state index in [-0.39, 0.29) is 18.1 Å². The summed E-state index contributed by atoms with van der Waals surface area (Å²) >= 11 is 0. The highest BCUT2D eigenvalue weighted by Crippen LogP contribution is 2.27. The van der Waals surface area contributed by atoms with Crippen LogP contribution in [0.1, 0.15) is 12.0 Å². The van der Waals surface area contributed by atoms with Crippen molar-refractivity contribution >= 4 is 5.91 Å². The van der Waals surface area contributed by atoms with Crippen LogP contribution >= 0.6 is 0 Å². The first-order valence-corrected chi connectivity index (χ1v) is 6.92. The van der Waals surface area contributed by atoms with Gasteiger partial charge in [0.2, 0.25) is 5.91 Å². The van der Waals surface area contributed by atoms with Crippen LogP contribution in [0.5, 0.6) is 11.5 Å². The van der Waals surface area contributed by atoms with Gasteiger partial charge in [-0.15, -0.1) is 0 Å². The first kappa shape index (κ1) is 15.6. The molecule has 0 aliphatic carbocycles. The smallest absolute Gasteiger partial charge is 0.237 e. The van der Waals surface area contributed by atoms with Crippen LogP contribution in [0.25, 0.3) is 0 Å².